The van der Waals surface area contributed by atoms with E-state index < -0.39 is 15.6 Å². The molecule has 2 heterocycles. The molecule has 8 nitrogen and oxygen atoms in total. The van der Waals surface area contributed by atoms with Crippen molar-refractivity contribution >= 4 is 27.6 Å². The molecule has 1 fully saturated rings. The summed E-state index contributed by atoms with van der Waals surface area (Å²) in [6, 6.07) is 5.05. The number of amides is 1. The van der Waals surface area contributed by atoms with E-state index in [-0.39, 0.29) is 17.7 Å². The van der Waals surface area contributed by atoms with Gasteiger partial charge < -0.3 is 15.4 Å². The molecular weight excluding hydrogens is 368 g/mol. The summed E-state index contributed by atoms with van der Waals surface area (Å²) in [6.45, 7) is 7.62. The van der Waals surface area contributed by atoms with Crippen molar-refractivity contribution in [3.05, 3.63) is 23.8 Å². The first-order chi connectivity index (χ1) is 12.6. The van der Waals surface area contributed by atoms with Gasteiger partial charge in [0.15, 0.2) is 5.84 Å². The zero-order chi connectivity index (χ0) is 19.8. The monoisotopic (exact) mass is 394 g/mol. The lowest BCUT2D eigenvalue weighted by atomic mass is 9.91. The normalized spacial score (nSPS) is 21.7. The third-order valence-corrected chi connectivity index (χ3v) is 5.58. The highest BCUT2D eigenvalue weighted by Gasteiger charge is 2.31. The molecule has 0 radical (unpaired) electrons. The topological polar surface area (TPSA) is 114 Å². The highest BCUT2D eigenvalue weighted by atomic mass is 32.2. The highest BCUT2D eigenvalue weighted by molar-refractivity contribution is 7.91. The molecule has 0 saturated carbocycles. The van der Waals surface area contributed by atoms with Gasteiger partial charge in [-0.05, 0) is 25.0 Å². The van der Waals surface area contributed by atoms with Gasteiger partial charge in [-0.2, -0.15) is 8.42 Å². The lowest BCUT2D eigenvalue weighted by Crippen LogP contribution is -2.46. The maximum atomic E-state index is 12.5. The Hall–Kier alpha value is -2.29. The van der Waals surface area contributed by atoms with Crippen molar-refractivity contribution < 1.29 is 17.9 Å². The summed E-state index contributed by atoms with van der Waals surface area (Å²) in [5.74, 6) is 0.748. The van der Waals surface area contributed by atoms with Gasteiger partial charge in [0.05, 0.1) is 17.9 Å². The minimum Gasteiger partial charge on any atom is -0.492 e. The first-order valence-electron chi connectivity index (χ1n) is 9.00. The fourth-order valence-corrected chi connectivity index (χ4v) is 4.25. The Morgan fingerprint density at radius 1 is 1.41 bits per heavy atom. The van der Waals surface area contributed by atoms with Gasteiger partial charge in [0, 0.05) is 24.4 Å². The molecule has 27 heavy (non-hydrogen) atoms. The fourth-order valence-electron chi connectivity index (χ4n) is 3.41. The minimum atomic E-state index is -3.82. The number of likely N-dealkylation sites (tertiary alicyclic amines) is 1. The van der Waals surface area contributed by atoms with Crippen molar-refractivity contribution in [1.29, 1.82) is 0 Å². The molecule has 1 atom stereocenters. The van der Waals surface area contributed by atoms with Crippen LogP contribution in [0, 0.1) is 11.3 Å². The molecule has 1 unspecified atom stereocenters. The van der Waals surface area contributed by atoms with Crippen LogP contribution in [-0.2, 0) is 15.0 Å². The molecule has 0 bridgehead atoms. The van der Waals surface area contributed by atoms with E-state index >= 15 is 0 Å². The second-order valence-corrected chi connectivity index (χ2v) is 9.39. The molecular formula is C18H26N4O4S. The van der Waals surface area contributed by atoms with E-state index in [9.17, 15) is 13.2 Å². The van der Waals surface area contributed by atoms with Gasteiger partial charge in [-0.25, -0.2) is 0 Å². The Balaban J connectivity index is 1.71. The lowest BCUT2D eigenvalue weighted by Gasteiger charge is -2.36. The number of anilines is 1. The van der Waals surface area contributed by atoms with Gasteiger partial charge in [-0.15, -0.1) is 4.40 Å². The number of carbonyl (C=O) groups excluding carboxylic acids is 1. The number of nitrogens with zero attached hydrogens (tertiary/aromatic N) is 2. The zero-order valence-corrected chi connectivity index (χ0v) is 16.7. The van der Waals surface area contributed by atoms with E-state index in [1.54, 1.807) is 18.2 Å². The second-order valence-electron chi connectivity index (χ2n) is 8.05. The first kappa shape index (κ1) is 19.5. The van der Waals surface area contributed by atoms with E-state index in [1.807, 2.05) is 25.7 Å². The van der Waals surface area contributed by atoms with Crippen molar-refractivity contribution in [2.75, 3.05) is 24.4 Å². The molecule has 3 N–H and O–H groups in total. The number of amidine groups is 1. The number of rotatable bonds is 3. The number of hydrogen-bond acceptors (Lipinski definition) is 5. The molecule has 1 amide bonds. The van der Waals surface area contributed by atoms with Crippen LogP contribution in [0.3, 0.4) is 0 Å². The third-order valence-electron chi connectivity index (χ3n) is 4.66. The smallest absolute Gasteiger partial charge is 0.344 e. The van der Waals surface area contributed by atoms with Crippen LogP contribution < -0.4 is 15.2 Å². The standard InChI is InChI=1S/C18H26N4O4S/c1-18(2,3)17(23)22-9-5-6-12(10-22)11-26-14-8-4-7-13-15(14)16(19)21-27(24,25)20-13/h4,7-8,12,20H,5-6,9-11H2,1-3H3,(H2,19,21). The van der Waals surface area contributed by atoms with Crippen LogP contribution in [0.5, 0.6) is 5.75 Å². The molecule has 1 aromatic carbocycles. The quantitative estimate of drug-likeness (QED) is 0.810. The van der Waals surface area contributed by atoms with E-state index in [2.05, 4.69) is 9.12 Å². The van der Waals surface area contributed by atoms with Crippen LogP contribution in [0.25, 0.3) is 0 Å². The van der Waals surface area contributed by atoms with Crippen LogP contribution in [0.4, 0.5) is 5.69 Å². The maximum absolute atomic E-state index is 12.5. The zero-order valence-electron chi connectivity index (χ0n) is 15.9. The fraction of sp³-hybridized carbons (Fsp3) is 0.556. The van der Waals surface area contributed by atoms with Gasteiger partial charge in [0.1, 0.15) is 5.75 Å². The number of nitrogens with one attached hydrogen (secondary N) is 1. The van der Waals surface area contributed by atoms with Crippen molar-refractivity contribution in [1.82, 2.24) is 4.90 Å². The molecule has 2 aliphatic rings. The molecule has 2 aliphatic heterocycles. The lowest BCUT2D eigenvalue weighted by molar-refractivity contribution is -0.141. The van der Waals surface area contributed by atoms with Crippen molar-refractivity contribution in [2.45, 2.75) is 33.6 Å². The number of benzene rings is 1. The average molecular weight is 394 g/mol. The van der Waals surface area contributed by atoms with Gasteiger partial charge in [-0.1, -0.05) is 26.8 Å². The number of hydrogen-bond donors (Lipinski definition) is 2. The Morgan fingerprint density at radius 3 is 2.85 bits per heavy atom. The minimum absolute atomic E-state index is 0.0902. The molecule has 9 heteroatoms. The van der Waals surface area contributed by atoms with Crippen molar-refractivity contribution in [3.63, 3.8) is 0 Å². The maximum Gasteiger partial charge on any atom is 0.344 e. The Morgan fingerprint density at radius 2 is 2.15 bits per heavy atom. The SMILES string of the molecule is CC(C)(C)C(=O)N1CCCC(COc2cccc3c2C(N)=NS(=O)(=O)N3)C1. The number of fused-ring (bicyclic) bond motifs is 1. The molecule has 3 rings (SSSR count). The van der Waals surface area contributed by atoms with Crippen LogP contribution in [0.15, 0.2) is 22.6 Å². The summed E-state index contributed by atoms with van der Waals surface area (Å²) in [7, 11) is -3.82. The summed E-state index contributed by atoms with van der Waals surface area (Å²) >= 11 is 0. The highest BCUT2D eigenvalue weighted by Crippen LogP contribution is 2.31. The largest absolute Gasteiger partial charge is 0.492 e. The van der Waals surface area contributed by atoms with Crippen LogP contribution in [-0.4, -0.2) is 44.8 Å². The van der Waals surface area contributed by atoms with Gasteiger partial charge in [0.2, 0.25) is 5.91 Å². The molecule has 0 spiro atoms. The number of carbonyl (C=O) groups is 1. The molecule has 148 valence electrons. The summed E-state index contributed by atoms with van der Waals surface area (Å²) in [6.07, 6.45) is 1.91. The molecule has 1 aromatic rings. The summed E-state index contributed by atoms with van der Waals surface area (Å²) in [4.78, 5) is 14.4. The van der Waals surface area contributed by atoms with E-state index in [0.29, 0.717) is 30.2 Å². The predicted octanol–water partition coefficient (Wildman–Crippen LogP) is 1.73. The number of piperidine rings is 1. The Bertz CT molecular complexity index is 874. The van der Waals surface area contributed by atoms with Crippen LogP contribution >= 0.6 is 0 Å². The Labute approximate surface area is 160 Å². The summed E-state index contributed by atoms with van der Waals surface area (Å²) < 4.78 is 35.1. The number of ether oxygens (including phenoxy) is 1. The van der Waals surface area contributed by atoms with Crippen molar-refractivity contribution in [3.8, 4) is 5.75 Å². The van der Waals surface area contributed by atoms with E-state index in [1.165, 1.54) is 0 Å². The molecule has 1 saturated heterocycles. The van der Waals surface area contributed by atoms with Crippen LogP contribution in [0.1, 0.15) is 39.2 Å². The second kappa shape index (κ2) is 7.03. The first-order valence-corrected chi connectivity index (χ1v) is 10.4. The summed E-state index contributed by atoms with van der Waals surface area (Å²) in [5.41, 5.74) is 6.24. The average Bonchev–Trinajstić information content (AvgIpc) is 2.57. The van der Waals surface area contributed by atoms with Crippen molar-refractivity contribution in [2.24, 2.45) is 21.5 Å². The van der Waals surface area contributed by atoms with Gasteiger partial charge >= 0.3 is 10.2 Å². The van der Waals surface area contributed by atoms with E-state index in [0.717, 1.165) is 19.4 Å². The third kappa shape index (κ3) is 4.35. The van der Waals surface area contributed by atoms with Gasteiger partial charge in [-0.3, -0.25) is 9.52 Å². The van der Waals surface area contributed by atoms with Gasteiger partial charge in [0.25, 0.3) is 0 Å². The molecule has 0 aromatic heterocycles. The number of nitrogens with two attached hydrogens (primary N) is 1. The summed E-state index contributed by atoms with van der Waals surface area (Å²) in [5, 5.41) is 0. The molecule has 0 aliphatic carbocycles. The Kier molecular flexibility index (Phi) is 5.07. The predicted molar refractivity (Wildman–Crippen MR) is 104 cm³/mol. The van der Waals surface area contributed by atoms with Crippen LogP contribution in [0.2, 0.25) is 0 Å². The van der Waals surface area contributed by atoms with E-state index in [4.69, 9.17) is 10.5 Å².